The summed E-state index contributed by atoms with van der Waals surface area (Å²) in [4.78, 5) is 26.9. The summed E-state index contributed by atoms with van der Waals surface area (Å²) in [5.41, 5.74) is -0.187. The second-order valence-corrected chi connectivity index (χ2v) is 7.06. The molecule has 1 spiro atoms. The molecule has 3 rings (SSSR count). The molecule has 2 saturated carbocycles. The van der Waals surface area contributed by atoms with E-state index >= 15 is 0 Å². The Morgan fingerprint density at radius 3 is 2.45 bits per heavy atom. The molecular formula is C16H26N2O2. The fourth-order valence-electron chi connectivity index (χ4n) is 4.09. The summed E-state index contributed by atoms with van der Waals surface area (Å²) >= 11 is 0. The minimum Gasteiger partial charge on any atom is -0.342 e. The summed E-state index contributed by atoms with van der Waals surface area (Å²) in [6.07, 6.45) is 9.13. The molecule has 1 aliphatic heterocycles. The molecule has 4 nitrogen and oxygen atoms in total. The summed E-state index contributed by atoms with van der Waals surface area (Å²) < 4.78 is 0. The lowest BCUT2D eigenvalue weighted by atomic mass is 9.94. The van der Waals surface area contributed by atoms with Gasteiger partial charge in [-0.1, -0.05) is 26.2 Å². The van der Waals surface area contributed by atoms with Gasteiger partial charge in [0.25, 0.3) is 0 Å². The molecule has 0 radical (unpaired) electrons. The van der Waals surface area contributed by atoms with Crippen LogP contribution in [0.15, 0.2) is 0 Å². The summed E-state index contributed by atoms with van der Waals surface area (Å²) in [6.45, 7) is 3.70. The van der Waals surface area contributed by atoms with Crippen LogP contribution in [0.25, 0.3) is 0 Å². The molecule has 112 valence electrons. The maximum atomic E-state index is 12.9. The van der Waals surface area contributed by atoms with Crippen LogP contribution in [-0.2, 0) is 9.59 Å². The molecule has 1 saturated heterocycles. The van der Waals surface area contributed by atoms with Gasteiger partial charge < -0.3 is 10.2 Å². The van der Waals surface area contributed by atoms with E-state index in [1.165, 1.54) is 25.7 Å². The molecule has 0 bridgehead atoms. The number of amides is 2. The predicted octanol–water partition coefficient (Wildman–Crippen LogP) is 2.23. The van der Waals surface area contributed by atoms with E-state index in [1.54, 1.807) is 0 Å². The molecule has 2 aliphatic carbocycles. The predicted molar refractivity (Wildman–Crippen MR) is 77.1 cm³/mol. The molecule has 0 aromatic heterocycles. The van der Waals surface area contributed by atoms with E-state index in [2.05, 4.69) is 12.2 Å². The fraction of sp³-hybridized carbons (Fsp3) is 0.875. The van der Waals surface area contributed by atoms with Crippen LogP contribution < -0.4 is 5.32 Å². The van der Waals surface area contributed by atoms with Gasteiger partial charge in [0.15, 0.2) is 0 Å². The highest BCUT2D eigenvalue weighted by Gasteiger charge is 2.50. The van der Waals surface area contributed by atoms with Crippen molar-refractivity contribution in [1.82, 2.24) is 10.2 Å². The Kier molecular flexibility index (Phi) is 3.51. The van der Waals surface area contributed by atoms with Gasteiger partial charge >= 0.3 is 0 Å². The number of carbonyl (C=O) groups is 2. The first-order chi connectivity index (χ1) is 9.59. The highest BCUT2D eigenvalue weighted by Crippen LogP contribution is 2.50. The summed E-state index contributed by atoms with van der Waals surface area (Å²) in [6, 6.07) is 0. The van der Waals surface area contributed by atoms with Gasteiger partial charge in [-0.05, 0) is 37.5 Å². The third kappa shape index (κ3) is 2.45. The molecule has 0 aromatic rings. The second kappa shape index (κ2) is 5.05. The second-order valence-electron chi connectivity index (χ2n) is 7.06. The Bertz CT molecular complexity index is 409. The van der Waals surface area contributed by atoms with Gasteiger partial charge in [-0.2, -0.15) is 0 Å². The van der Waals surface area contributed by atoms with Crippen molar-refractivity contribution in [3.8, 4) is 0 Å². The molecule has 2 amide bonds. The van der Waals surface area contributed by atoms with Crippen molar-refractivity contribution in [2.45, 2.75) is 70.3 Å². The van der Waals surface area contributed by atoms with Gasteiger partial charge in [-0.25, -0.2) is 0 Å². The maximum absolute atomic E-state index is 12.9. The molecule has 0 aromatic carbocycles. The number of nitrogens with one attached hydrogen (secondary N) is 1. The third-order valence-electron chi connectivity index (χ3n) is 5.40. The van der Waals surface area contributed by atoms with Crippen LogP contribution in [0.5, 0.6) is 0 Å². The molecule has 0 unspecified atom stereocenters. The molecule has 4 heteroatoms. The Labute approximate surface area is 121 Å². The zero-order valence-corrected chi connectivity index (χ0v) is 12.5. The fourth-order valence-corrected chi connectivity index (χ4v) is 4.09. The van der Waals surface area contributed by atoms with Gasteiger partial charge in [-0.15, -0.1) is 0 Å². The number of hydrogen-bond donors (Lipinski definition) is 1. The highest BCUT2D eigenvalue weighted by molar-refractivity contribution is 5.93. The SMILES string of the molecule is CCCC1(CN2CCC(=O)NC3(CCCC3)C2=O)CC1. The molecule has 3 fully saturated rings. The van der Waals surface area contributed by atoms with E-state index in [0.29, 0.717) is 18.4 Å². The van der Waals surface area contributed by atoms with Crippen LogP contribution in [0.2, 0.25) is 0 Å². The summed E-state index contributed by atoms with van der Waals surface area (Å²) in [7, 11) is 0. The van der Waals surface area contributed by atoms with Crippen molar-refractivity contribution in [3.05, 3.63) is 0 Å². The topological polar surface area (TPSA) is 49.4 Å². The van der Waals surface area contributed by atoms with E-state index in [0.717, 1.165) is 32.2 Å². The van der Waals surface area contributed by atoms with Gasteiger partial charge in [0, 0.05) is 19.5 Å². The minimum absolute atomic E-state index is 0.0584. The van der Waals surface area contributed by atoms with Crippen molar-refractivity contribution in [1.29, 1.82) is 0 Å². The van der Waals surface area contributed by atoms with Crippen LogP contribution in [0, 0.1) is 5.41 Å². The van der Waals surface area contributed by atoms with Crippen molar-refractivity contribution in [3.63, 3.8) is 0 Å². The molecule has 0 atom stereocenters. The quantitative estimate of drug-likeness (QED) is 0.857. The minimum atomic E-state index is -0.560. The van der Waals surface area contributed by atoms with Crippen LogP contribution >= 0.6 is 0 Å². The van der Waals surface area contributed by atoms with Crippen molar-refractivity contribution >= 4 is 11.8 Å². The average Bonchev–Trinajstić information content (AvgIpc) is 3.03. The lowest BCUT2D eigenvalue weighted by molar-refractivity contribution is -0.139. The smallest absolute Gasteiger partial charge is 0.248 e. The summed E-state index contributed by atoms with van der Waals surface area (Å²) in [5.74, 6) is 0.256. The summed E-state index contributed by atoms with van der Waals surface area (Å²) in [5, 5.41) is 3.04. The number of nitrogens with zero attached hydrogens (tertiary/aromatic N) is 1. The Hall–Kier alpha value is -1.06. The van der Waals surface area contributed by atoms with E-state index in [1.807, 2.05) is 4.90 Å². The molecule has 1 heterocycles. The first-order valence-corrected chi connectivity index (χ1v) is 8.20. The first-order valence-electron chi connectivity index (χ1n) is 8.20. The Balaban J connectivity index is 1.76. The van der Waals surface area contributed by atoms with Gasteiger partial charge in [0.1, 0.15) is 5.54 Å². The first kappa shape index (κ1) is 13.9. The number of hydrogen-bond acceptors (Lipinski definition) is 2. The lowest BCUT2D eigenvalue weighted by Gasteiger charge is -2.33. The highest BCUT2D eigenvalue weighted by atomic mass is 16.2. The standard InChI is InChI=1S/C16H26N2O2/c1-2-6-15(9-10-15)12-18-11-5-13(19)17-16(14(18)20)7-3-4-8-16/h2-12H2,1H3,(H,17,19). The van der Waals surface area contributed by atoms with Gasteiger partial charge in [-0.3, -0.25) is 9.59 Å². The lowest BCUT2D eigenvalue weighted by Crippen LogP contribution is -2.56. The van der Waals surface area contributed by atoms with Crippen LogP contribution in [0.3, 0.4) is 0 Å². The van der Waals surface area contributed by atoms with Gasteiger partial charge in [0.05, 0.1) is 0 Å². The molecule has 3 aliphatic rings. The molecule has 20 heavy (non-hydrogen) atoms. The largest absolute Gasteiger partial charge is 0.342 e. The van der Waals surface area contributed by atoms with E-state index in [4.69, 9.17) is 0 Å². The maximum Gasteiger partial charge on any atom is 0.248 e. The Morgan fingerprint density at radius 2 is 1.85 bits per heavy atom. The molecule has 1 N–H and O–H groups in total. The van der Waals surface area contributed by atoms with Crippen molar-refractivity contribution in [2.24, 2.45) is 5.41 Å². The van der Waals surface area contributed by atoms with Crippen LogP contribution in [0.1, 0.15) is 64.7 Å². The normalized spacial score (nSPS) is 27.6. The van der Waals surface area contributed by atoms with E-state index in [-0.39, 0.29) is 11.8 Å². The average molecular weight is 278 g/mol. The van der Waals surface area contributed by atoms with Crippen molar-refractivity contribution < 1.29 is 9.59 Å². The zero-order chi connectivity index (χ0) is 14.2. The number of carbonyl (C=O) groups excluding carboxylic acids is 2. The number of rotatable bonds is 4. The van der Waals surface area contributed by atoms with Gasteiger partial charge in [0.2, 0.25) is 11.8 Å². The zero-order valence-electron chi connectivity index (χ0n) is 12.5. The van der Waals surface area contributed by atoms with Crippen molar-refractivity contribution in [2.75, 3.05) is 13.1 Å². The van der Waals surface area contributed by atoms with Crippen LogP contribution in [-0.4, -0.2) is 35.3 Å². The van der Waals surface area contributed by atoms with E-state index in [9.17, 15) is 9.59 Å². The Morgan fingerprint density at radius 1 is 1.15 bits per heavy atom. The van der Waals surface area contributed by atoms with E-state index < -0.39 is 5.54 Å². The molecular weight excluding hydrogens is 252 g/mol. The monoisotopic (exact) mass is 278 g/mol. The van der Waals surface area contributed by atoms with Crippen LogP contribution in [0.4, 0.5) is 0 Å². The third-order valence-corrected chi connectivity index (χ3v) is 5.40.